The molecule has 0 fully saturated rings. The van der Waals surface area contributed by atoms with Crippen molar-refractivity contribution in [1.82, 2.24) is 19.5 Å². The van der Waals surface area contributed by atoms with Gasteiger partial charge in [-0.25, -0.2) is 15.0 Å². The molecule has 0 bridgehead atoms. The molecule has 4 rings (SSSR count). The molecule has 2 aromatic carbocycles. The standard InChI is InChI=1S/C25H25N5O4S/c1-4-20(23(31)28-17-7-11-19(34-3)12-8-17)35-25-29-22-21(26-13-14-27-22)24(32)30(25)15-16-5-9-18(33-2)10-6-16/h5-14,20H,4,15H2,1-3H3,(H,28,31). The molecule has 0 saturated heterocycles. The molecule has 0 aliphatic rings. The highest BCUT2D eigenvalue weighted by Gasteiger charge is 2.23. The van der Waals surface area contributed by atoms with Crippen molar-refractivity contribution in [2.24, 2.45) is 0 Å². The van der Waals surface area contributed by atoms with Crippen LogP contribution in [-0.4, -0.2) is 44.9 Å². The number of aromatic nitrogens is 4. The zero-order valence-electron chi connectivity index (χ0n) is 19.6. The lowest BCUT2D eigenvalue weighted by Crippen LogP contribution is -2.29. The summed E-state index contributed by atoms with van der Waals surface area (Å²) in [6.07, 6.45) is 3.49. The van der Waals surface area contributed by atoms with Crippen molar-refractivity contribution in [1.29, 1.82) is 0 Å². The Hall–Kier alpha value is -3.92. The lowest BCUT2D eigenvalue weighted by molar-refractivity contribution is -0.115. The van der Waals surface area contributed by atoms with Crippen LogP contribution in [0.4, 0.5) is 5.69 Å². The first kappa shape index (κ1) is 24.2. The second-order valence-electron chi connectivity index (χ2n) is 7.59. The molecule has 0 spiro atoms. The van der Waals surface area contributed by atoms with E-state index in [2.05, 4.69) is 20.3 Å². The summed E-state index contributed by atoms with van der Waals surface area (Å²) in [6, 6.07) is 14.5. The van der Waals surface area contributed by atoms with E-state index < -0.39 is 5.25 Å². The monoisotopic (exact) mass is 491 g/mol. The third-order valence-electron chi connectivity index (χ3n) is 5.33. The molecule has 2 heterocycles. The molecule has 0 radical (unpaired) electrons. The van der Waals surface area contributed by atoms with E-state index in [-0.39, 0.29) is 29.2 Å². The average Bonchev–Trinajstić information content (AvgIpc) is 2.90. The number of thioether (sulfide) groups is 1. The first-order valence-corrected chi connectivity index (χ1v) is 11.9. The minimum absolute atomic E-state index is 0.182. The minimum Gasteiger partial charge on any atom is -0.497 e. The maximum Gasteiger partial charge on any atom is 0.282 e. The summed E-state index contributed by atoms with van der Waals surface area (Å²) in [4.78, 5) is 39.4. The van der Waals surface area contributed by atoms with Crippen LogP contribution in [0.5, 0.6) is 11.5 Å². The largest absolute Gasteiger partial charge is 0.497 e. The number of carbonyl (C=O) groups is 1. The van der Waals surface area contributed by atoms with Crippen LogP contribution in [0.3, 0.4) is 0 Å². The number of rotatable bonds is 9. The van der Waals surface area contributed by atoms with Gasteiger partial charge < -0.3 is 14.8 Å². The Morgan fingerprint density at radius 2 is 1.63 bits per heavy atom. The van der Waals surface area contributed by atoms with Crippen LogP contribution in [0, 0.1) is 0 Å². The van der Waals surface area contributed by atoms with Crippen LogP contribution in [0.15, 0.2) is 70.9 Å². The lowest BCUT2D eigenvalue weighted by atomic mass is 10.2. The molecule has 9 nitrogen and oxygen atoms in total. The zero-order chi connectivity index (χ0) is 24.8. The SMILES string of the molecule is CCC(Sc1nc2nccnc2c(=O)n1Cc1ccc(OC)cc1)C(=O)Nc1ccc(OC)cc1. The number of ether oxygens (including phenoxy) is 2. The van der Waals surface area contributed by atoms with Gasteiger partial charge >= 0.3 is 0 Å². The van der Waals surface area contributed by atoms with Gasteiger partial charge in [0.1, 0.15) is 11.5 Å². The molecule has 2 aromatic heterocycles. The Balaban J connectivity index is 1.65. The number of amides is 1. The van der Waals surface area contributed by atoms with Gasteiger partial charge in [-0.3, -0.25) is 14.2 Å². The molecule has 1 atom stereocenters. The van der Waals surface area contributed by atoms with Crippen LogP contribution < -0.4 is 20.3 Å². The molecule has 1 N–H and O–H groups in total. The fraction of sp³-hybridized carbons (Fsp3) is 0.240. The van der Waals surface area contributed by atoms with Gasteiger partial charge in [0.25, 0.3) is 5.56 Å². The number of benzene rings is 2. The Kier molecular flexibility index (Phi) is 7.61. The van der Waals surface area contributed by atoms with Crippen LogP contribution in [-0.2, 0) is 11.3 Å². The van der Waals surface area contributed by atoms with Crippen LogP contribution in [0.25, 0.3) is 11.2 Å². The zero-order valence-corrected chi connectivity index (χ0v) is 20.4. The lowest BCUT2D eigenvalue weighted by Gasteiger charge is -2.18. The van der Waals surface area contributed by atoms with Crippen molar-refractivity contribution in [3.8, 4) is 11.5 Å². The van der Waals surface area contributed by atoms with Crippen LogP contribution in [0.1, 0.15) is 18.9 Å². The Morgan fingerprint density at radius 3 is 2.26 bits per heavy atom. The summed E-state index contributed by atoms with van der Waals surface area (Å²) in [6.45, 7) is 2.18. The number of hydrogen-bond acceptors (Lipinski definition) is 8. The summed E-state index contributed by atoms with van der Waals surface area (Å²) < 4.78 is 11.9. The third-order valence-corrected chi connectivity index (χ3v) is 6.68. The van der Waals surface area contributed by atoms with Crippen molar-refractivity contribution in [2.45, 2.75) is 30.3 Å². The average molecular weight is 492 g/mol. The normalized spacial score (nSPS) is 11.7. The van der Waals surface area contributed by atoms with Gasteiger partial charge in [0.05, 0.1) is 26.0 Å². The number of carbonyl (C=O) groups excluding carboxylic acids is 1. The van der Waals surface area contributed by atoms with Gasteiger partial charge in [0.2, 0.25) is 5.91 Å². The first-order chi connectivity index (χ1) is 17.0. The van der Waals surface area contributed by atoms with E-state index in [1.165, 1.54) is 28.7 Å². The number of methoxy groups -OCH3 is 2. The Morgan fingerprint density at radius 1 is 1.00 bits per heavy atom. The molecule has 0 aliphatic carbocycles. The summed E-state index contributed by atoms with van der Waals surface area (Å²) in [5.41, 5.74) is 1.66. The van der Waals surface area contributed by atoms with Crippen molar-refractivity contribution in [3.63, 3.8) is 0 Å². The predicted octanol–water partition coefficient (Wildman–Crippen LogP) is 3.76. The summed E-state index contributed by atoms with van der Waals surface area (Å²) in [5.74, 6) is 1.24. The number of nitrogens with zero attached hydrogens (tertiary/aromatic N) is 4. The van der Waals surface area contributed by atoms with E-state index in [1.54, 1.807) is 38.5 Å². The fourth-order valence-corrected chi connectivity index (χ4v) is 4.42. The van der Waals surface area contributed by atoms with Gasteiger partial charge in [-0.05, 0) is 48.4 Å². The Bertz CT molecular complexity index is 1370. The molecule has 1 unspecified atom stereocenters. The van der Waals surface area contributed by atoms with Crippen LogP contribution >= 0.6 is 11.8 Å². The van der Waals surface area contributed by atoms with Crippen molar-refractivity contribution >= 4 is 34.5 Å². The molecule has 0 saturated carbocycles. The molecule has 35 heavy (non-hydrogen) atoms. The predicted molar refractivity (Wildman–Crippen MR) is 135 cm³/mol. The summed E-state index contributed by atoms with van der Waals surface area (Å²) >= 11 is 1.23. The van der Waals surface area contributed by atoms with Crippen molar-refractivity contribution in [2.75, 3.05) is 19.5 Å². The van der Waals surface area contributed by atoms with E-state index >= 15 is 0 Å². The highest BCUT2D eigenvalue weighted by molar-refractivity contribution is 8.00. The van der Waals surface area contributed by atoms with E-state index in [0.717, 1.165) is 11.3 Å². The van der Waals surface area contributed by atoms with Gasteiger partial charge in [0.15, 0.2) is 16.3 Å². The first-order valence-electron chi connectivity index (χ1n) is 11.0. The molecule has 4 aromatic rings. The van der Waals surface area contributed by atoms with Gasteiger partial charge in [-0.2, -0.15) is 0 Å². The highest BCUT2D eigenvalue weighted by atomic mass is 32.2. The number of anilines is 1. The molecule has 10 heteroatoms. The summed E-state index contributed by atoms with van der Waals surface area (Å²) in [7, 11) is 3.19. The highest BCUT2D eigenvalue weighted by Crippen LogP contribution is 2.26. The molecule has 1 amide bonds. The van der Waals surface area contributed by atoms with E-state index in [4.69, 9.17) is 9.47 Å². The van der Waals surface area contributed by atoms with Gasteiger partial charge in [-0.15, -0.1) is 0 Å². The number of fused-ring (bicyclic) bond motifs is 1. The quantitative estimate of drug-likeness (QED) is 0.279. The third kappa shape index (κ3) is 5.60. The van der Waals surface area contributed by atoms with Crippen LogP contribution in [0.2, 0.25) is 0 Å². The van der Waals surface area contributed by atoms with Gasteiger partial charge in [-0.1, -0.05) is 30.8 Å². The van der Waals surface area contributed by atoms with E-state index in [1.807, 2.05) is 31.2 Å². The minimum atomic E-state index is -0.486. The second-order valence-corrected chi connectivity index (χ2v) is 8.76. The van der Waals surface area contributed by atoms with Gasteiger partial charge in [0, 0.05) is 18.1 Å². The summed E-state index contributed by atoms with van der Waals surface area (Å²) in [5, 5.41) is 2.84. The fourth-order valence-electron chi connectivity index (χ4n) is 3.42. The maximum atomic E-state index is 13.3. The topological polar surface area (TPSA) is 108 Å². The van der Waals surface area contributed by atoms with E-state index in [0.29, 0.717) is 23.0 Å². The molecule has 0 aliphatic heterocycles. The van der Waals surface area contributed by atoms with Crippen molar-refractivity contribution < 1.29 is 14.3 Å². The maximum absolute atomic E-state index is 13.3. The smallest absolute Gasteiger partial charge is 0.282 e. The van der Waals surface area contributed by atoms with E-state index in [9.17, 15) is 9.59 Å². The molecular weight excluding hydrogens is 466 g/mol. The Labute approximate surface area is 206 Å². The molecule has 180 valence electrons. The second kappa shape index (κ2) is 11.0. The number of hydrogen-bond donors (Lipinski definition) is 1. The number of nitrogens with one attached hydrogen (secondary N) is 1. The molecular formula is C25H25N5O4S. The van der Waals surface area contributed by atoms with Crippen molar-refractivity contribution in [3.05, 3.63) is 76.8 Å².